The fraction of sp³-hybridized carbons (Fsp3) is 0.364. The summed E-state index contributed by atoms with van der Waals surface area (Å²) in [4.78, 5) is 2.71. The Balaban J connectivity index is 1.61. The van der Waals surface area contributed by atoms with Gasteiger partial charge >= 0.3 is 0 Å². The van der Waals surface area contributed by atoms with Gasteiger partial charge in [-0.3, -0.25) is 4.90 Å². The van der Waals surface area contributed by atoms with Crippen LogP contribution in [-0.2, 0) is 6.54 Å². The zero-order valence-electron chi connectivity index (χ0n) is 14.1. The maximum absolute atomic E-state index is 2.71. The summed E-state index contributed by atoms with van der Waals surface area (Å²) in [5, 5.41) is 0. The number of aryl methyl sites for hydroxylation is 1. The number of benzene rings is 2. The summed E-state index contributed by atoms with van der Waals surface area (Å²) in [6, 6.07) is 19.0. The normalized spacial score (nSPS) is 23.8. The molecule has 2 aromatic carbocycles. The Morgan fingerprint density at radius 3 is 2.57 bits per heavy atom. The highest BCUT2D eigenvalue weighted by Gasteiger charge is 2.36. The molecule has 4 rings (SSSR count). The first-order chi connectivity index (χ1) is 11.2. The lowest BCUT2D eigenvalue weighted by atomic mass is 9.90. The minimum absolute atomic E-state index is 0.615. The number of hydrogen-bond donors (Lipinski definition) is 0. The van der Waals surface area contributed by atoms with E-state index in [4.69, 9.17) is 0 Å². The first-order valence-corrected chi connectivity index (χ1v) is 8.79. The average Bonchev–Trinajstić information content (AvgIpc) is 2.80. The number of nitrogens with zero attached hydrogens (tertiary/aromatic N) is 1. The van der Waals surface area contributed by atoms with Crippen molar-refractivity contribution in [1.29, 1.82) is 0 Å². The lowest BCUT2D eigenvalue weighted by Crippen LogP contribution is -2.37. The Morgan fingerprint density at radius 2 is 1.78 bits per heavy atom. The first kappa shape index (κ1) is 14.7. The van der Waals surface area contributed by atoms with Crippen LogP contribution < -0.4 is 0 Å². The maximum atomic E-state index is 2.71. The van der Waals surface area contributed by atoms with E-state index in [1.54, 1.807) is 5.57 Å². The van der Waals surface area contributed by atoms with Crippen molar-refractivity contribution in [3.8, 4) is 0 Å². The van der Waals surface area contributed by atoms with Crippen molar-refractivity contribution in [2.45, 2.75) is 51.7 Å². The van der Waals surface area contributed by atoms with Gasteiger partial charge in [0.05, 0.1) is 0 Å². The van der Waals surface area contributed by atoms with E-state index in [9.17, 15) is 0 Å². The zero-order valence-corrected chi connectivity index (χ0v) is 14.1. The molecule has 0 radical (unpaired) electrons. The molecule has 2 atom stereocenters. The van der Waals surface area contributed by atoms with Crippen LogP contribution in [0.5, 0.6) is 0 Å². The van der Waals surface area contributed by atoms with Gasteiger partial charge in [-0.1, -0.05) is 54.6 Å². The van der Waals surface area contributed by atoms with Crippen molar-refractivity contribution >= 4 is 5.57 Å². The molecule has 23 heavy (non-hydrogen) atoms. The summed E-state index contributed by atoms with van der Waals surface area (Å²) in [5.74, 6) is 0. The van der Waals surface area contributed by atoms with Crippen molar-refractivity contribution in [3.05, 3.63) is 76.9 Å². The summed E-state index contributed by atoms with van der Waals surface area (Å²) in [5.41, 5.74) is 7.34. The fourth-order valence-electron chi connectivity index (χ4n) is 4.26. The van der Waals surface area contributed by atoms with Crippen LogP contribution in [-0.4, -0.2) is 17.0 Å². The fourth-order valence-corrected chi connectivity index (χ4v) is 4.26. The van der Waals surface area contributed by atoms with Gasteiger partial charge < -0.3 is 0 Å². The first-order valence-electron chi connectivity index (χ1n) is 8.79. The Morgan fingerprint density at radius 1 is 0.957 bits per heavy atom. The highest BCUT2D eigenvalue weighted by Crippen LogP contribution is 2.40. The molecular formula is C22H25N. The van der Waals surface area contributed by atoms with Crippen molar-refractivity contribution in [2.24, 2.45) is 0 Å². The standard InChI is InChI=1S/C22H25N/c1-16-7-6-10-22(17(16)2)19-13-20-11-12-21(14-19)23(20)15-18-8-4-3-5-9-18/h3-10,13,20-21H,11-12,14-15H2,1-2H3. The molecule has 0 spiro atoms. The van der Waals surface area contributed by atoms with E-state index in [0.29, 0.717) is 12.1 Å². The van der Waals surface area contributed by atoms with Gasteiger partial charge in [-0.05, 0) is 60.9 Å². The van der Waals surface area contributed by atoms with E-state index in [0.717, 1.165) is 6.54 Å². The number of rotatable bonds is 3. The van der Waals surface area contributed by atoms with Gasteiger partial charge in [0.1, 0.15) is 0 Å². The molecule has 0 aromatic heterocycles. The van der Waals surface area contributed by atoms with Crippen LogP contribution in [0.25, 0.3) is 5.57 Å². The second-order valence-electron chi connectivity index (χ2n) is 7.10. The van der Waals surface area contributed by atoms with E-state index < -0.39 is 0 Å². The second-order valence-corrected chi connectivity index (χ2v) is 7.10. The Labute approximate surface area is 139 Å². The van der Waals surface area contributed by atoms with E-state index in [1.165, 1.54) is 41.5 Å². The smallest absolute Gasteiger partial charge is 0.0291 e. The molecule has 0 N–H and O–H groups in total. The van der Waals surface area contributed by atoms with Gasteiger partial charge in [-0.25, -0.2) is 0 Å². The number of hydrogen-bond acceptors (Lipinski definition) is 1. The second kappa shape index (κ2) is 5.98. The SMILES string of the molecule is Cc1cccc(C2=CC3CCC(C2)N3Cc2ccccc2)c1C. The van der Waals surface area contributed by atoms with Crippen LogP contribution in [0.1, 0.15) is 41.5 Å². The van der Waals surface area contributed by atoms with Crippen molar-refractivity contribution < 1.29 is 0 Å². The third-order valence-corrected chi connectivity index (χ3v) is 5.70. The van der Waals surface area contributed by atoms with E-state index in [2.05, 4.69) is 73.4 Å². The molecule has 2 heterocycles. The molecule has 1 fully saturated rings. The Hall–Kier alpha value is -1.86. The van der Waals surface area contributed by atoms with E-state index in [-0.39, 0.29) is 0 Å². The quantitative estimate of drug-likeness (QED) is 0.760. The molecule has 0 saturated carbocycles. The van der Waals surface area contributed by atoms with E-state index >= 15 is 0 Å². The predicted molar refractivity (Wildman–Crippen MR) is 97.3 cm³/mol. The number of fused-ring (bicyclic) bond motifs is 2. The molecule has 0 aliphatic carbocycles. The molecule has 2 aliphatic heterocycles. The lowest BCUT2D eigenvalue weighted by Gasteiger charge is -2.34. The average molecular weight is 303 g/mol. The minimum Gasteiger partial charge on any atom is -0.289 e. The third-order valence-electron chi connectivity index (χ3n) is 5.70. The maximum Gasteiger partial charge on any atom is 0.0291 e. The van der Waals surface area contributed by atoms with E-state index in [1.807, 2.05) is 0 Å². The van der Waals surface area contributed by atoms with Gasteiger partial charge in [0.15, 0.2) is 0 Å². The summed E-state index contributed by atoms with van der Waals surface area (Å²) in [7, 11) is 0. The molecule has 2 aromatic rings. The highest BCUT2D eigenvalue weighted by atomic mass is 15.2. The Bertz CT molecular complexity index is 729. The van der Waals surface area contributed by atoms with Crippen LogP contribution in [0.2, 0.25) is 0 Å². The molecule has 1 nitrogen and oxygen atoms in total. The van der Waals surface area contributed by atoms with Gasteiger partial charge in [0.25, 0.3) is 0 Å². The van der Waals surface area contributed by atoms with Crippen molar-refractivity contribution in [2.75, 3.05) is 0 Å². The summed E-state index contributed by atoms with van der Waals surface area (Å²) in [6.07, 6.45) is 6.40. The molecule has 1 saturated heterocycles. The zero-order chi connectivity index (χ0) is 15.8. The van der Waals surface area contributed by atoms with Crippen LogP contribution in [0.15, 0.2) is 54.6 Å². The Kier molecular flexibility index (Phi) is 3.82. The summed E-state index contributed by atoms with van der Waals surface area (Å²) < 4.78 is 0. The van der Waals surface area contributed by atoms with Gasteiger partial charge in [0, 0.05) is 18.6 Å². The third kappa shape index (κ3) is 2.74. The molecule has 2 bridgehead atoms. The summed E-state index contributed by atoms with van der Waals surface area (Å²) in [6.45, 7) is 5.58. The lowest BCUT2D eigenvalue weighted by molar-refractivity contribution is 0.203. The van der Waals surface area contributed by atoms with Crippen molar-refractivity contribution in [3.63, 3.8) is 0 Å². The van der Waals surface area contributed by atoms with Crippen LogP contribution in [0.4, 0.5) is 0 Å². The predicted octanol–water partition coefficient (Wildman–Crippen LogP) is 5.12. The molecule has 118 valence electrons. The summed E-state index contributed by atoms with van der Waals surface area (Å²) >= 11 is 0. The molecule has 0 amide bonds. The van der Waals surface area contributed by atoms with Gasteiger partial charge in [0.2, 0.25) is 0 Å². The molecule has 2 unspecified atom stereocenters. The van der Waals surface area contributed by atoms with Gasteiger partial charge in [-0.15, -0.1) is 0 Å². The van der Waals surface area contributed by atoms with Crippen molar-refractivity contribution in [1.82, 2.24) is 4.90 Å². The minimum atomic E-state index is 0.615. The largest absolute Gasteiger partial charge is 0.289 e. The molecular weight excluding hydrogens is 278 g/mol. The molecule has 1 heteroatoms. The van der Waals surface area contributed by atoms with Crippen LogP contribution >= 0.6 is 0 Å². The van der Waals surface area contributed by atoms with Crippen LogP contribution in [0.3, 0.4) is 0 Å². The van der Waals surface area contributed by atoms with Crippen LogP contribution in [0, 0.1) is 13.8 Å². The highest BCUT2D eigenvalue weighted by molar-refractivity contribution is 5.71. The monoisotopic (exact) mass is 303 g/mol. The topological polar surface area (TPSA) is 3.24 Å². The molecule has 2 aliphatic rings. The van der Waals surface area contributed by atoms with Gasteiger partial charge in [-0.2, -0.15) is 0 Å².